The fourth-order valence-electron chi connectivity index (χ4n) is 6.93. The van der Waals surface area contributed by atoms with Gasteiger partial charge in [-0.2, -0.15) is 0 Å². The first-order valence-corrected chi connectivity index (χ1v) is 11.9. The van der Waals surface area contributed by atoms with Gasteiger partial charge in [-0.25, -0.2) is 0 Å². The van der Waals surface area contributed by atoms with E-state index >= 15 is 0 Å². The molecule has 1 spiro atoms. The number of rotatable bonds is 3. The molecule has 1 aliphatic heterocycles. The number of fused-ring (bicyclic) bond motifs is 4. The van der Waals surface area contributed by atoms with Crippen molar-refractivity contribution in [3.8, 4) is 0 Å². The molecule has 3 aliphatic carbocycles. The normalized spacial score (nSPS) is 33.3. The summed E-state index contributed by atoms with van der Waals surface area (Å²) in [7, 11) is 0. The first-order chi connectivity index (χ1) is 14.1. The summed E-state index contributed by atoms with van der Waals surface area (Å²) in [6, 6.07) is 9.06. The quantitative estimate of drug-likeness (QED) is 0.687. The minimum absolute atomic E-state index is 0. The minimum Gasteiger partial charge on any atom is -0.349 e. The lowest BCUT2D eigenvalue weighted by Gasteiger charge is -2.41. The second kappa shape index (κ2) is 7.91. The van der Waals surface area contributed by atoms with Crippen molar-refractivity contribution in [1.29, 1.82) is 0 Å². The van der Waals surface area contributed by atoms with Crippen molar-refractivity contribution in [3.63, 3.8) is 0 Å². The Labute approximate surface area is 178 Å². The number of likely N-dealkylation sites (tertiary alicyclic amines) is 1. The summed E-state index contributed by atoms with van der Waals surface area (Å²) in [4.78, 5) is 14.5. The molecular formula is C26H40N2O. The zero-order valence-electron chi connectivity index (χ0n) is 17.9. The van der Waals surface area contributed by atoms with Crippen molar-refractivity contribution >= 4 is 5.91 Å². The molecule has 160 valence electrons. The molecule has 1 saturated carbocycles. The predicted molar refractivity (Wildman–Crippen MR) is 122 cm³/mol. The third-order valence-electron chi connectivity index (χ3n) is 8.34. The van der Waals surface area contributed by atoms with E-state index in [0.29, 0.717) is 0 Å². The monoisotopic (exact) mass is 396 g/mol. The number of carbonyl (C=O) groups is 1. The third kappa shape index (κ3) is 3.91. The summed E-state index contributed by atoms with van der Waals surface area (Å²) >= 11 is 0. The molecule has 3 nitrogen and oxygen atoms in total. The van der Waals surface area contributed by atoms with Crippen LogP contribution in [0.1, 0.15) is 78.3 Å². The Morgan fingerprint density at radius 2 is 2.03 bits per heavy atom. The van der Waals surface area contributed by atoms with E-state index in [1.54, 1.807) is 6.92 Å². The fraction of sp³-hybridized carbons (Fsp3) is 0.654. The highest BCUT2D eigenvalue weighted by Gasteiger charge is 2.45. The van der Waals surface area contributed by atoms with E-state index in [9.17, 15) is 4.79 Å². The second-order valence-electron chi connectivity index (χ2n) is 10.3. The number of nitrogens with one attached hydrogen (secondary N) is 1. The molecule has 1 aromatic carbocycles. The molecule has 1 N–H and O–H groups in total. The van der Waals surface area contributed by atoms with Crippen LogP contribution >= 0.6 is 0 Å². The lowest BCUT2D eigenvalue weighted by molar-refractivity contribution is -0.119. The zero-order valence-corrected chi connectivity index (χ0v) is 17.9. The van der Waals surface area contributed by atoms with Gasteiger partial charge in [-0.15, -0.1) is 0 Å². The molecule has 5 rings (SSSR count). The van der Waals surface area contributed by atoms with Crippen LogP contribution in [0.25, 0.3) is 0 Å². The predicted octanol–water partition coefficient (Wildman–Crippen LogP) is 5.48. The van der Waals surface area contributed by atoms with Crippen LogP contribution < -0.4 is 5.32 Å². The van der Waals surface area contributed by atoms with Crippen LogP contribution in [0, 0.1) is 17.8 Å². The van der Waals surface area contributed by atoms with Gasteiger partial charge in [0.05, 0.1) is 6.04 Å². The first-order valence-electron chi connectivity index (χ1n) is 11.9. The van der Waals surface area contributed by atoms with Crippen molar-refractivity contribution in [1.82, 2.24) is 10.2 Å². The van der Waals surface area contributed by atoms with Crippen molar-refractivity contribution in [2.45, 2.75) is 69.7 Å². The van der Waals surface area contributed by atoms with Gasteiger partial charge in [0, 0.05) is 21.7 Å². The summed E-state index contributed by atoms with van der Waals surface area (Å²) in [5, 5.41) is 3.22. The number of hydrogen-bond acceptors (Lipinski definition) is 2. The van der Waals surface area contributed by atoms with Crippen LogP contribution in [0.5, 0.6) is 0 Å². The maximum atomic E-state index is 11.7. The van der Waals surface area contributed by atoms with E-state index in [1.165, 1.54) is 75.7 Å². The number of amides is 1. The zero-order chi connectivity index (χ0) is 19.8. The van der Waals surface area contributed by atoms with Gasteiger partial charge in [0.1, 0.15) is 0 Å². The molecule has 3 heteroatoms. The van der Waals surface area contributed by atoms with Gasteiger partial charge in [0.15, 0.2) is 0 Å². The third-order valence-corrected chi connectivity index (χ3v) is 8.34. The number of benzene rings is 1. The van der Waals surface area contributed by atoms with Gasteiger partial charge < -0.3 is 10.2 Å². The molecule has 1 amide bonds. The van der Waals surface area contributed by atoms with Crippen LogP contribution in [0.4, 0.5) is 0 Å². The SMILES string of the molecule is CC(=O)NC1CC2(CCN(C[C@@H]3CC[C@H]4CC=CC(C4)C3)CC2)c2ccccc21.[HH].[HH]. The lowest BCUT2D eigenvalue weighted by atomic mass is 9.73. The fourth-order valence-corrected chi connectivity index (χ4v) is 6.93. The Kier molecular flexibility index (Phi) is 5.28. The van der Waals surface area contributed by atoms with Crippen LogP contribution in [-0.2, 0) is 10.2 Å². The summed E-state index contributed by atoms with van der Waals surface area (Å²) in [5.41, 5.74) is 3.13. The highest BCUT2D eigenvalue weighted by atomic mass is 16.1. The Balaban J connectivity index is 0.00000136. The summed E-state index contributed by atoms with van der Waals surface area (Å²) in [5.74, 6) is 2.77. The van der Waals surface area contributed by atoms with Crippen LogP contribution in [0.3, 0.4) is 0 Å². The van der Waals surface area contributed by atoms with E-state index < -0.39 is 0 Å². The maximum absolute atomic E-state index is 11.7. The van der Waals surface area contributed by atoms with Gasteiger partial charge in [-0.3, -0.25) is 4.79 Å². The summed E-state index contributed by atoms with van der Waals surface area (Å²) < 4.78 is 0. The standard InChI is InChI=1S/C26H36N2O.2H2/c1-19(29)27-25-17-26(24-8-3-2-7-23(24)25)11-13-28(14-12-26)18-22-10-9-20-5-4-6-21(15-20)16-22;;/h2-4,6-8,20-22,25H,5,9-18H2,1H3,(H,27,29);2*1H/t20-,21?,22-,25?;;/m1../s1. The molecule has 2 unspecified atom stereocenters. The molecule has 1 heterocycles. The Morgan fingerprint density at radius 1 is 1.21 bits per heavy atom. The van der Waals surface area contributed by atoms with Crippen LogP contribution in [0.15, 0.2) is 36.4 Å². The smallest absolute Gasteiger partial charge is 0.217 e. The summed E-state index contributed by atoms with van der Waals surface area (Å²) in [6.45, 7) is 5.36. The highest BCUT2D eigenvalue weighted by Crippen LogP contribution is 2.51. The number of piperidine rings is 1. The van der Waals surface area contributed by atoms with E-state index in [1.807, 2.05) is 0 Å². The molecule has 4 aliphatic rings. The van der Waals surface area contributed by atoms with Crippen LogP contribution in [0.2, 0.25) is 0 Å². The van der Waals surface area contributed by atoms with Gasteiger partial charge in [-0.05, 0) is 93.3 Å². The number of nitrogens with zero attached hydrogens (tertiary/aromatic N) is 1. The van der Waals surface area contributed by atoms with Crippen molar-refractivity contribution in [2.75, 3.05) is 19.6 Å². The van der Waals surface area contributed by atoms with Gasteiger partial charge >= 0.3 is 0 Å². The average Bonchev–Trinajstić information content (AvgIpc) is 2.93. The Hall–Kier alpha value is -1.61. The lowest BCUT2D eigenvalue weighted by Crippen LogP contribution is -2.43. The van der Waals surface area contributed by atoms with Crippen molar-refractivity contribution in [2.24, 2.45) is 17.8 Å². The molecule has 4 atom stereocenters. The molecule has 1 aromatic rings. The maximum Gasteiger partial charge on any atom is 0.217 e. The average molecular weight is 397 g/mol. The van der Waals surface area contributed by atoms with Crippen molar-refractivity contribution < 1.29 is 7.65 Å². The number of allylic oxidation sites excluding steroid dienone is 2. The molecule has 1 saturated heterocycles. The van der Waals surface area contributed by atoms with Gasteiger partial charge in [0.25, 0.3) is 0 Å². The van der Waals surface area contributed by atoms with E-state index in [2.05, 4.69) is 46.6 Å². The first kappa shape index (κ1) is 19.4. The Bertz CT molecular complexity index is 787. The topological polar surface area (TPSA) is 32.3 Å². The molecule has 0 aromatic heterocycles. The second-order valence-corrected chi connectivity index (χ2v) is 10.3. The molecule has 0 radical (unpaired) electrons. The number of hydrogen-bond donors (Lipinski definition) is 1. The highest BCUT2D eigenvalue weighted by molar-refractivity contribution is 5.73. The van der Waals surface area contributed by atoms with E-state index in [4.69, 9.17) is 0 Å². The van der Waals surface area contributed by atoms with Crippen molar-refractivity contribution in [3.05, 3.63) is 47.5 Å². The van der Waals surface area contributed by atoms with Crippen LogP contribution in [-0.4, -0.2) is 30.4 Å². The number of carbonyl (C=O) groups excluding carboxylic acids is 1. The molecular weight excluding hydrogens is 356 g/mol. The van der Waals surface area contributed by atoms with E-state index in [0.717, 1.165) is 24.2 Å². The van der Waals surface area contributed by atoms with Gasteiger partial charge in [-0.1, -0.05) is 36.4 Å². The summed E-state index contributed by atoms with van der Waals surface area (Å²) in [6.07, 6.45) is 15.6. The van der Waals surface area contributed by atoms with Gasteiger partial charge in [0.2, 0.25) is 5.91 Å². The Morgan fingerprint density at radius 3 is 2.86 bits per heavy atom. The minimum atomic E-state index is 0. The molecule has 2 fully saturated rings. The molecule has 2 bridgehead atoms. The van der Waals surface area contributed by atoms with E-state index in [-0.39, 0.29) is 20.2 Å². The largest absolute Gasteiger partial charge is 0.349 e. The molecule has 29 heavy (non-hydrogen) atoms.